The molecule has 1 rings (SSSR count). The molecule has 0 amide bonds. The molecule has 0 aliphatic carbocycles. The molecule has 0 atom stereocenters. The normalized spacial score (nSPS) is 10.2. The van der Waals surface area contributed by atoms with Gasteiger partial charge >= 0.3 is 6.18 Å². The molecule has 1 aromatic rings. The fourth-order valence-corrected chi connectivity index (χ4v) is 0.672. The molecule has 1 aromatic carbocycles. The fraction of sp³-hybridized carbons (Fsp3) is 0.143. The van der Waals surface area contributed by atoms with Gasteiger partial charge in [0.25, 0.3) is 0 Å². The van der Waals surface area contributed by atoms with Crippen LogP contribution < -0.4 is 11.7 Å². The first kappa shape index (κ1) is 11.7. The molecule has 0 unspecified atom stereocenters. The van der Waals surface area contributed by atoms with Crippen LogP contribution in [0.2, 0.25) is 0 Å². The molecule has 0 aliphatic heterocycles. The van der Waals surface area contributed by atoms with Crippen molar-refractivity contribution < 1.29 is 17.7 Å². The van der Waals surface area contributed by atoms with E-state index in [9.17, 15) is 13.2 Å². The summed E-state index contributed by atoms with van der Waals surface area (Å²) in [5, 5.41) is 0. The van der Waals surface area contributed by atoms with Crippen molar-refractivity contribution in [3.63, 3.8) is 0 Å². The standard InChI is InChI=1S/C7H6F3N.FH2N/c8-7(9,10)5-1-3-6(11)4-2-5;1-2/h1-4H,11H2;2H2. The van der Waals surface area contributed by atoms with Gasteiger partial charge in [-0.15, -0.1) is 4.48 Å². The van der Waals surface area contributed by atoms with Gasteiger partial charge in [0.15, 0.2) is 0 Å². The van der Waals surface area contributed by atoms with E-state index in [4.69, 9.17) is 10.2 Å². The highest BCUT2D eigenvalue weighted by molar-refractivity contribution is 5.39. The largest absolute Gasteiger partial charge is 0.416 e. The summed E-state index contributed by atoms with van der Waals surface area (Å²) in [5.74, 6) is 3.00. The molecule has 0 saturated heterocycles. The first-order valence-electron chi connectivity index (χ1n) is 3.15. The van der Waals surface area contributed by atoms with Crippen LogP contribution in [0.3, 0.4) is 0 Å². The lowest BCUT2D eigenvalue weighted by molar-refractivity contribution is -0.137. The molecule has 6 heteroatoms. The minimum Gasteiger partial charge on any atom is -0.399 e. The van der Waals surface area contributed by atoms with Crippen LogP contribution >= 0.6 is 0 Å². The second-order valence-electron chi connectivity index (χ2n) is 2.12. The third kappa shape index (κ3) is 3.75. The van der Waals surface area contributed by atoms with Gasteiger partial charge < -0.3 is 5.73 Å². The Hall–Kier alpha value is -1.30. The molecule has 74 valence electrons. The van der Waals surface area contributed by atoms with E-state index in [1.54, 1.807) is 0 Å². The van der Waals surface area contributed by atoms with Gasteiger partial charge in [-0.2, -0.15) is 19.1 Å². The van der Waals surface area contributed by atoms with E-state index in [0.29, 0.717) is 5.69 Å². The number of nitrogen functional groups attached to an aromatic ring is 1. The second kappa shape index (κ2) is 4.66. The number of anilines is 1. The van der Waals surface area contributed by atoms with Crippen LogP contribution in [-0.2, 0) is 6.18 Å². The van der Waals surface area contributed by atoms with E-state index >= 15 is 0 Å². The molecule has 0 saturated carbocycles. The van der Waals surface area contributed by atoms with Gasteiger partial charge in [0.2, 0.25) is 0 Å². The van der Waals surface area contributed by atoms with Crippen LogP contribution in [-0.4, -0.2) is 0 Å². The number of hydrogen-bond donors (Lipinski definition) is 2. The van der Waals surface area contributed by atoms with Crippen molar-refractivity contribution in [1.29, 1.82) is 0 Å². The number of halogens is 4. The van der Waals surface area contributed by atoms with Crippen LogP contribution in [0.25, 0.3) is 0 Å². The van der Waals surface area contributed by atoms with Crippen LogP contribution in [0.15, 0.2) is 24.3 Å². The minimum atomic E-state index is -4.27. The quantitative estimate of drug-likeness (QED) is 0.379. The summed E-state index contributed by atoms with van der Waals surface area (Å²) in [6, 6.07) is 4.36. The molecule has 13 heavy (non-hydrogen) atoms. The Labute approximate surface area is 72.1 Å². The molecular formula is C7H8F4N2. The van der Waals surface area contributed by atoms with E-state index in [1.165, 1.54) is 12.1 Å². The number of nitrogens with two attached hydrogens (primary N) is 2. The number of benzene rings is 1. The number of hydrogen-bond acceptors (Lipinski definition) is 2. The average molecular weight is 196 g/mol. The zero-order valence-corrected chi connectivity index (χ0v) is 6.48. The van der Waals surface area contributed by atoms with Crippen LogP contribution in [0.5, 0.6) is 0 Å². The van der Waals surface area contributed by atoms with Gasteiger partial charge in [-0.3, -0.25) is 0 Å². The minimum absolute atomic E-state index is 0.331. The molecule has 0 spiro atoms. The summed E-state index contributed by atoms with van der Waals surface area (Å²) in [4.78, 5) is 0. The van der Waals surface area contributed by atoms with Crippen molar-refractivity contribution in [3.05, 3.63) is 29.8 Å². The van der Waals surface area contributed by atoms with Crippen LogP contribution in [0, 0.1) is 0 Å². The lowest BCUT2D eigenvalue weighted by Crippen LogP contribution is -2.04. The van der Waals surface area contributed by atoms with Crippen LogP contribution in [0.4, 0.5) is 23.3 Å². The zero-order chi connectivity index (χ0) is 10.5. The summed E-state index contributed by atoms with van der Waals surface area (Å²) in [7, 11) is 0. The van der Waals surface area contributed by atoms with Crippen molar-refractivity contribution in [3.8, 4) is 0 Å². The SMILES string of the molecule is NF.Nc1ccc(C(F)(F)F)cc1. The fourth-order valence-electron chi connectivity index (χ4n) is 0.672. The second-order valence-corrected chi connectivity index (χ2v) is 2.12. The van der Waals surface area contributed by atoms with E-state index < -0.39 is 11.7 Å². The Bertz CT molecular complexity index is 242. The molecule has 0 bridgehead atoms. The highest BCUT2D eigenvalue weighted by Crippen LogP contribution is 2.29. The molecule has 0 aliphatic rings. The van der Waals surface area contributed by atoms with Gasteiger partial charge in [0, 0.05) is 5.69 Å². The molecule has 4 N–H and O–H groups in total. The van der Waals surface area contributed by atoms with Gasteiger partial charge in [-0.25, -0.2) is 0 Å². The maximum atomic E-state index is 11.9. The summed E-state index contributed by atoms with van der Waals surface area (Å²) >= 11 is 0. The third-order valence-electron chi connectivity index (χ3n) is 1.24. The number of rotatable bonds is 0. The van der Waals surface area contributed by atoms with Gasteiger partial charge in [0.05, 0.1) is 5.56 Å². The molecule has 0 heterocycles. The third-order valence-corrected chi connectivity index (χ3v) is 1.24. The summed E-state index contributed by atoms with van der Waals surface area (Å²) < 4.78 is 44.6. The maximum absolute atomic E-state index is 11.9. The molecular weight excluding hydrogens is 188 g/mol. The van der Waals surface area contributed by atoms with E-state index in [1.807, 2.05) is 0 Å². The van der Waals surface area contributed by atoms with Gasteiger partial charge in [0.1, 0.15) is 0 Å². The lowest BCUT2D eigenvalue weighted by Gasteiger charge is -2.05. The van der Waals surface area contributed by atoms with Gasteiger partial charge in [-0.1, -0.05) is 0 Å². The molecule has 0 aromatic heterocycles. The highest BCUT2D eigenvalue weighted by atomic mass is 19.4. The first-order valence-corrected chi connectivity index (χ1v) is 3.15. The Balaban J connectivity index is 0.000000671. The Kier molecular flexibility index (Phi) is 4.19. The Morgan fingerprint density at radius 2 is 1.31 bits per heavy atom. The molecule has 0 radical (unpaired) electrons. The highest BCUT2D eigenvalue weighted by Gasteiger charge is 2.29. The van der Waals surface area contributed by atoms with E-state index in [-0.39, 0.29) is 0 Å². The Morgan fingerprint density at radius 1 is 0.923 bits per heavy atom. The first-order chi connectivity index (χ1) is 6.00. The van der Waals surface area contributed by atoms with Crippen molar-refractivity contribution in [2.24, 2.45) is 5.96 Å². The monoisotopic (exact) mass is 196 g/mol. The van der Waals surface area contributed by atoms with Gasteiger partial charge in [-0.05, 0) is 24.3 Å². The lowest BCUT2D eigenvalue weighted by atomic mass is 10.2. The van der Waals surface area contributed by atoms with E-state index in [0.717, 1.165) is 12.1 Å². The van der Waals surface area contributed by atoms with Crippen LogP contribution in [0.1, 0.15) is 5.56 Å². The predicted molar refractivity (Wildman–Crippen MR) is 41.2 cm³/mol. The zero-order valence-electron chi connectivity index (χ0n) is 6.48. The van der Waals surface area contributed by atoms with Crippen molar-refractivity contribution in [2.45, 2.75) is 6.18 Å². The predicted octanol–water partition coefficient (Wildman–Crippen LogP) is 2.12. The van der Waals surface area contributed by atoms with Crippen molar-refractivity contribution in [1.82, 2.24) is 0 Å². The summed E-state index contributed by atoms with van der Waals surface area (Å²) in [6.45, 7) is 0. The van der Waals surface area contributed by atoms with E-state index in [2.05, 4.69) is 5.96 Å². The smallest absolute Gasteiger partial charge is 0.399 e. The maximum Gasteiger partial charge on any atom is 0.416 e. The molecule has 0 fully saturated rings. The topological polar surface area (TPSA) is 52.0 Å². The summed E-state index contributed by atoms with van der Waals surface area (Å²) in [6.07, 6.45) is -4.27. The average Bonchev–Trinajstić information content (AvgIpc) is 2.07. The number of alkyl halides is 3. The summed E-state index contributed by atoms with van der Waals surface area (Å²) in [5.41, 5.74) is 4.86. The van der Waals surface area contributed by atoms with Crippen molar-refractivity contribution in [2.75, 3.05) is 5.73 Å². The molecule has 2 nitrogen and oxygen atoms in total. The van der Waals surface area contributed by atoms with Crippen molar-refractivity contribution >= 4 is 5.69 Å². The Morgan fingerprint density at radius 3 is 1.62 bits per heavy atom.